The lowest BCUT2D eigenvalue weighted by Gasteiger charge is -2.01. The van der Waals surface area contributed by atoms with Crippen molar-refractivity contribution in [2.75, 3.05) is 0 Å². The Hall–Kier alpha value is -2.11. The highest BCUT2D eigenvalue weighted by Crippen LogP contribution is 2.06. The minimum absolute atomic E-state index is 0.0442. The van der Waals surface area contributed by atoms with Crippen LogP contribution in [0.1, 0.15) is 28.7 Å². The summed E-state index contributed by atoms with van der Waals surface area (Å²) in [5.41, 5.74) is 1.28. The number of aromatic nitrogens is 3. The third-order valence-corrected chi connectivity index (χ3v) is 2.50. The number of rotatable bonds is 2. The predicted molar refractivity (Wildman–Crippen MR) is 56.9 cm³/mol. The minimum atomic E-state index is -1.11. The van der Waals surface area contributed by atoms with Crippen LogP contribution in [0.15, 0.2) is 10.9 Å². The van der Waals surface area contributed by atoms with E-state index in [9.17, 15) is 9.59 Å². The Morgan fingerprint density at radius 3 is 2.88 bits per heavy atom. The van der Waals surface area contributed by atoms with Gasteiger partial charge in [-0.1, -0.05) is 6.92 Å². The van der Waals surface area contributed by atoms with E-state index in [0.717, 1.165) is 4.52 Å². The molecule has 0 fully saturated rings. The highest BCUT2D eigenvalue weighted by atomic mass is 16.4. The maximum atomic E-state index is 11.9. The summed E-state index contributed by atoms with van der Waals surface area (Å²) in [6.07, 6.45) is 0.571. The molecule has 6 nitrogen and oxygen atoms in total. The Labute approximate surface area is 90.5 Å². The normalized spacial score (nSPS) is 10.9. The number of nitrogens with one attached hydrogen (secondary N) is 1. The standard InChI is InChI=1S/C10H11N3O3/c1-3-6-5(2)11-8-4-7(10(15)16)12-13(8)9(6)14/h4,12H,3H2,1-2H3,(H,15,16). The van der Waals surface area contributed by atoms with Crippen molar-refractivity contribution in [2.24, 2.45) is 0 Å². The molecular weight excluding hydrogens is 210 g/mol. The van der Waals surface area contributed by atoms with Crippen molar-refractivity contribution in [3.8, 4) is 0 Å². The van der Waals surface area contributed by atoms with Crippen LogP contribution in [0.3, 0.4) is 0 Å². The zero-order valence-electron chi connectivity index (χ0n) is 8.94. The SMILES string of the molecule is CCc1c(C)nc2cc(C(=O)O)[nH]n2c1=O. The second-order valence-electron chi connectivity index (χ2n) is 3.50. The van der Waals surface area contributed by atoms with Crippen LogP contribution in [0.2, 0.25) is 0 Å². The summed E-state index contributed by atoms with van der Waals surface area (Å²) in [6.45, 7) is 3.60. The molecule has 6 heteroatoms. The van der Waals surface area contributed by atoms with Crippen molar-refractivity contribution in [1.29, 1.82) is 0 Å². The first kappa shape index (κ1) is 10.4. The number of carboxylic acids is 1. The third-order valence-electron chi connectivity index (χ3n) is 2.50. The quantitative estimate of drug-likeness (QED) is 0.777. The van der Waals surface area contributed by atoms with Crippen molar-refractivity contribution >= 4 is 11.6 Å². The molecule has 0 atom stereocenters. The molecule has 2 N–H and O–H groups in total. The number of aryl methyl sites for hydroxylation is 1. The molecule has 2 aromatic heterocycles. The average Bonchev–Trinajstić information content (AvgIpc) is 2.62. The highest BCUT2D eigenvalue weighted by molar-refractivity contribution is 5.86. The highest BCUT2D eigenvalue weighted by Gasteiger charge is 2.13. The molecule has 0 aliphatic rings. The molecule has 0 spiro atoms. The Balaban J connectivity index is 2.84. The van der Waals surface area contributed by atoms with E-state index in [1.165, 1.54) is 6.07 Å². The average molecular weight is 221 g/mol. The zero-order valence-corrected chi connectivity index (χ0v) is 8.94. The van der Waals surface area contributed by atoms with E-state index < -0.39 is 5.97 Å². The van der Waals surface area contributed by atoms with Gasteiger partial charge in [0.15, 0.2) is 5.65 Å². The molecule has 0 bridgehead atoms. The van der Waals surface area contributed by atoms with Crippen LogP contribution < -0.4 is 5.56 Å². The maximum Gasteiger partial charge on any atom is 0.353 e. The van der Waals surface area contributed by atoms with Gasteiger partial charge < -0.3 is 5.11 Å². The molecule has 0 amide bonds. The van der Waals surface area contributed by atoms with Gasteiger partial charge in [-0.3, -0.25) is 9.89 Å². The van der Waals surface area contributed by atoms with Crippen molar-refractivity contribution in [3.05, 3.63) is 33.4 Å². The number of hydrogen-bond donors (Lipinski definition) is 2. The van der Waals surface area contributed by atoms with Crippen LogP contribution >= 0.6 is 0 Å². The number of carboxylic acid groups (broad SMARTS) is 1. The van der Waals surface area contributed by atoms with Crippen LogP contribution in [0.25, 0.3) is 5.65 Å². The maximum absolute atomic E-state index is 11.9. The fourth-order valence-electron chi connectivity index (χ4n) is 1.69. The number of carbonyl (C=O) groups is 1. The molecule has 16 heavy (non-hydrogen) atoms. The van der Waals surface area contributed by atoms with E-state index in [4.69, 9.17) is 5.11 Å². The number of hydrogen-bond acceptors (Lipinski definition) is 3. The van der Waals surface area contributed by atoms with E-state index in [0.29, 0.717) is 23.3 Å². The minimum Gasteiger partial charge on any atom is -0.477 e. The van der Waals surface area contributed by atoms with Gasteiger partial charge in [-0.25, -0.2) is 14.3 Å². The summed E-state index contributed by atoms with van der Waals surface area (Å²) >= 11 is 0. The summed E-state index contributed by atoms with van der Waals surface area (Å²) < 4.78 is 1.16. The number of nitrogens with zero attached hydrogens (tertiary/aromatic N) is 2. The van der Waals surface area contributed by atoms with Gasteiger partial charge in [0, 0.05) is 17.3 Å². The second-order valence-corrected chi connectivity index (χ2v) is 3.50. The number of fused-ring (bicyclic) bond motifs is 1. The molecule has 0 aromatic carbocycles. The van der Waals surface area contributed by atoms with E-state index in [1.54, 1.807) is 6.92 Å². The fourth-order valence-corrected chi connectivity index (χ4v) is 1.69. The summed E-state index contributed by atoms with van der Waals surface area (Å²) in [7, 11) is 0. The van der Waals surface area contributed by atoms with Crippen LogP contribution in [0.5, 0.6) is 0 Å². The largest absolute Gasteiger partial charge is 0.477 e. The first-order valence-corrected chi connectivity index (χ1v) is 4.89. The topological polar surface area (TPSA) is 87.5 Å². The van der Waals surface area contributed by atoms with Gasteiger partial charge >= 0.3 is 5.97 Å². The van der Waals surface area contributed by atoms with Crippen molar-refractivity contribution in [2.45, 2.75) is 20.3 Å². The lowest BCUT2D eigenvalue weighted by Crippen LogP contribution is -2.21. The smallest absolute Gasteiger partial charge is 0.353 e. The zero-order chi connectivity index (χ0) is 11.9. The lowest BCUT2D eigenvalue weighted by molar-refractivity contribution is 0.0690. The van der Waals surface area contributed by atoms with Gasteiger partial charge in [-0.2, -0.15) is 0 Å². The Morgan fingerprint density at radius 1 is 1.62 bits per heavy atom. The van der Waals surface area contributed by atoms with Crippen LogP contribution in [-0.4, -0.2) is 25.7 Å². The van der Waals surface area contributed by atoms with Crippen LogP contribution in [-0.2, 0) is 6.42 Å². The van der Waals surface area contributed by atoms with E-state index in [2.05, 4.69) is 10.1 Å². The lowest BCUT2D eigenvalue weighted by atomic mass is 10.2. The van der Waals surface area contributed by atoms with Gasteiger partial charge in [0.1, 0.15) is 5.69 Å². The molecular formula is C10H11N3O3. The van der Waals surface area contributed by atoms with Crippen molar-refractivity contribution < 1.29 is 9.90 Å². The van der Waals surface area contributed by atoms with Crippen molar-refractivity contribution in [1.82, 2.24) is 14.6 Å². The third kappa shape index (κ3) is 1.39. The molecule has 0 saturated carbocycles. The van der Waals surface area contributed by atoms with Gasteiger partial charge in [-0.15, -0.1) is 0 Å². The molecule has 2 heterocycles. The Bertz CT molecular complexity index is 624. The molecule has 2 rings (SSSR count). The number of H-pyrrole nitrogens is 1. The van der Waals surface area contributed by atoms with E-state index in [1.807, 2.05) is 6.92 Å². The monoisotopic (exact) mass is 221 g/mol. The summed E-state index contributed by atoms with van der Waals surface area (Å²) in [5.74, 6) is -1.11. The molecule has 0 aliphatic carbocycles. The van der Waals surface area contributed by atoms with Gasteiger partial charge in [0.25, 0.3) is 5.56 Å². The molecule has 0 aliphatic heterocycles. The number of aromatic carboxylic acids is 1. The predicted octanol–water partition coefficient (Wildman–Crippen LogP) is 0.592. The van der Waals surface area contributed by atoms with Gasteiger partial charge in [0.2, 0.25) is 0 Å². The summed E-state index contributed by atoms with van der Waals surface area (Å²) in [4.78, 5) is 26.8. The molecule has 84 valence electrons. The summed E-state index contributed by atoms with van der Waals surface area (Å²) in [5, 5.41) is 11.3. The molecule has 0 radical (unpaired) electrons. The Morgan fingerprint density at radius 2 is 2.31 bits per heavy atom. The second kappa shape index (κ2) is 3.48. The molecule has 0 saturated heterocycles. The van der Waals surface area contributed by atoms with Gasteiger partial charge in [0.05, 0.1) is 0 Å². The van der Waals surface area contributed by atoms with Crippen LogP contribution in [0.4, 0.5) is 0 Å². The van der Waals surface area contributed by atoms with E-state index in [-0.39, 0.29) is 11.3 Å². The number of aromatic amines is 1. The fraction of sp³-hybridized carbons (Fsp3) is 0.300. The van der Waals surface area contributed by atoms with Crippen LogP contribution in [0, 0.1) is 6.92 Å². The Kier molecular flexibility index (Phi) is 2.26. The van der Waals surface area contributed by atoms with Gasteiger partial charge in [-0.05, 0) is 13.3 Å². The first-order valence-electron chi connectivity index (χ1n) is 4.89. The van der Waals surface area contributed by atoms with E-state index >= 15 is 0 Å². The molecule has 0 unspecified atom stereocenters. The molecule has 2 aromatic rings. The first-order chi connectivity index (χ1) is 7.54. The van der Waals surface area contributed by atoms with Crippen molar-refractivity contribution in [3.63, 3.8) is 0 Å². The summed E-state index contributed by atoms with van der Waals surface area (Å²) in [6, 6.07) is 1.34.